The van der Waals surface area contributed by atoms with Crippen LogP contribution in [0.4, 0.5) is 0 Å². The second kappa shape index (κ2) is 13.4. The maximum atomic E-state index is 4.18. The van der Waals surface area contributed by atoms with Crippen LogP contribution in [0.25, 0.3) is 0 Å². The van der Waals surface area contributed by atoms with Crippen molar-refractivity contribution >= 4 is 5.71 Å². The molecule has 0 atom stereocenters. The molecule has 0 spiro atoms. The van der Waals surface area contributed by atoms with Crippen LogP contribution in [0.2, 0.25) is 0 Å². The van der Waals surface area contributed by atoms with Crippen LogP contribution >= 0.6 is 0 Å². The third-order valence-electron chi connectivity index (χ3n) is 1.57. The third-order valence-corrected chi connectivity index (χ3v) is 1.57. The van der Waals surface area contributed by atoms with Gasteiger partial charge in [-0.25, -0.2) is 0 Å². The molecule has 0 N–H and O–H groups in total. The first-order valence-corrected chi connectivity index (χ1v) is 5.57. The summed E-state index contributed by atoms with van der Waals surface area (Å²) in [5.74, 6) is 0. The zero-order valence-corrected chi connectivity index (χ0v) is 10.9. The smallest absolute Gasteiger partial charge is 0.0695 e. The van der Waals surface area contributed by atoms with E-state index in [9.17, 15) is 0 Å². The molecular formula is C15H23N. The molecule has 0 saturated carbocycles. The summed E-state index contributed by atoms with van der Waals surface area (Å²) in [6.45, 7) is 15.2. The molecule has 0 rings (SSSR count). The van der Waals surface area contributed by atoms with Crippen molar-refractivity contribution in [3.8, 4) is 0 Å². The van der Waals surface area contributed by atoms with Crippen molar-refractivity contribution in [1.82, 2.24) is 0 Å². The Kier molecular flexibility index (Phi) is 14.0. The average molecular weight is 217 g/mol. The predicted molar refractivity (Wildman–Crippen MR) is 76.9 cm³/mol. The molecule has 0 heterocycles. The molecule has 1 heteroatoms. The molecular weight excluding hydrogens is 194 g/mol. The Hall–Kier alpha value is -1.63. The van der Waals surface area contributed by atoms with Crippen LogP contribution in [0.5, 0.6) is 0 Å². The highest BCUT2D eigenvalue weighted by atomic mass is 14.7. The minimum Gasteiger partial charge on any atom is -0.257 e. The summed E-state index contributed by atoms with van der Waals surface area (Å²) < 4.78 is 0. The summed E-state index contributed by atoms with van der Waals surface area (Å²) in [4.78, 5) is 4.18. The van der Waals surface area contributed by atoms with E-state index >= 15 is 0 Å². The molecule has 0 amide bonds. The largest absolute Gasteiger partial charge is 0.257 e. The van der Waals surface area contributed by atoms with Gasteiger partial charge in [0.15, 0.2) is 0 Å². The van der Waals surface area contributed by atoms with E-state index in [4.69, 9.17) is 0 Å². The number of allylic oxidation sites excluding steroid dienone is 7. The Balaban J connectivity index is 0. The van der Waals surface area contributed by atoms with E-state index in [0.717, 1.165) is 11.3 Å². The minimum absolute atomic E-state index is 0.906. The lowest BCUT2D eigenvalue weighted by molar-refractivity contribution is 1.50. The van der Waals surface area contributed by atoms with Crippen molar-refractivity contribution in [2.45, 2.75) is 27.7 Å². The summed E-state index contributed by atoms with van der Waals surface area (Å²) in [5, 5.41) is 0. The lowest BCUT2D eigenvalue weighted by Gasteiger charge is -1.99. The van der Waals surface area contributed by atoms with Gasteiger partial charge in [-0.15, -0.1) is 0 Å². The van der Waals surface area contributed by atoms with E-state index in [1.165, 1.54) is 0 Å². The van der Waals surface area contributed by atoms with Crippen molar-refractivity contribution < 1.29 is 0 Å². The molecule has 0 aliphatic heterocycles. The van der Waals surface area contributed by atoms with E-state index in [1.807, 2.05) is 58.1 Å². The van der Waals surface area contributed by atoms with Crippen LogP contribution in [-0.4, -0.2) is 5.71 Å². The van der Waals surface area contributed by atoms with E-state index in [2.05, 4.69) is 18.2 Å². The van der Waals surface area contributed by atoms with Crippen LogP contribution in [0.15, 0.2) is 66.4 Å². The molecule has 0 unspecified atom stereocenters. The van der Waals surface area contributed by atoms with Gasteiger partial charge in [0.2, 0.25) is 0 Å². The van der Waals surface area contributed by atoms with Gasteiger partial charge in [-0.1, -0.05) is 57.4 Å². The topological polar surface area (TPSA) is 12.4 Å². The van der Waals surface area contributed by atoms with Crippen molar-refractivity contribution in [3.05, 3.63) is 61.4 Å². The maximum Gasteiger partial charge on any atom is 0.0695 e. The van der Waals surface area contributed by atoms with Gasteiger partial charge in [0, 0.05) is 6.20 Å². The van der Waals surface area contributed by atoms with E-state index < -0.39 is 0 Å². The monoisotopic (exact) mass is 217 g/mol. The SMILES string of the molecule is C=C/C=C\C(=C/C)C(/C=C\C)=NC=C.CC. The van der Waals surface area contributed by atoms with Gasteiger partial charge in [-0.2, -0.15) is 0 Å². The fraction of sp³-hybridized carbons (Fsp3) is 0.267. The molecule has 0 aromatic rings. The molecule has 0 fully saturated rings. The standard InChI is InChI=1S/C13H17N.C2H6/c1-5-9-11-12(7-3)13(10-6-2)14-8-4;1-2/h5-11H,1,4H2,2-3H3;1-2H3/b10-6-,11-9-,12-7+,14-13?;. The van der Waals surface area contributed by atoms with Gasteiger partial charge < -0.3 is 0 Å². The first-order valence-electron chi connectivity index (χ1n) is 5.57. The Morgan fingerprint density at radius 1 is 1.06 bits per heavy atom. The number of hydrogen-bond donors (Lipinski definition) is 0. The average Bonchev–Trinajstić information content (AvgIpc) is 2.33. The lowest BCUT2D eigenvalue weighted by Crippen LogP contribution is -1.95. The van der Waals surface area contributed by atoms with Gasteiger partial charge in [0.05, 0.1) is 5.71 Å². The molecule has 88 valence electrons. The second-order valence-corrected chi connectivity index (χ2v) is 2.54. The molecule has 0 saturated heterocycles. The van der Waals surface area contributed by atoms with Crippen LogP contribution in [0.1, 0.15) is 27.7 Å². The first-order chi connectivity index (χ1) is 7.79. The normalized spacial score (nSPS) is 12.5. The van der Waals surface area contributed by atoms with Crippen molar-refractivity contribution in [2.75, 3.05) is 0 Å². The van der Waals surface area contributed by atoms with Crippen LogP contribution in [-0.2, 0) is 0 Å². The van der Waals surface area contributed by atoms with Gasteiger partial charge in [-0.05, 0) is 25.5 Å². The van der Waals surface area contributed by atoms with Crippen LogP contribution < -0.4 is 0 Å². The highest BCUT2D eigenvalue weighted by molar-refractivity contribution is 6.10. The quantitative estimate of drug-likeness (QED) is 0.460. The molecule has 0 aliphatic rings. The summed E-state index contributed by atoms with van der Waals surface area (Å²) in [6, 6.07) is 0. The Labute approximate surface area is 100 Å². The highest BCUT2D eigenvalue weighted by Gasteiger charge is 1.96. The summed E-state index contributed by atoms with van der Waals surface area (Å²) in [6.07, 6.45) is 13.0. The Morgan fingerprint density at radius 3 is 2.06 bits per heavy atom. The maximum absolute atomic E-state index is 4.18. The van der Waals surface area contributed by atoms with Crippen molar-refractivity contribution in [1.29, 1.82) is 0 Å². The Morgan fingerprint density at radius 2 is 1.69 bits per heavy atom. The minimum atomic E-state index is 0.906. The zero-order valence-electron chi connectivity index (χ0n) is 10.9. The zero-order chi connectivity index (χ0) is 12.8. The van der Waals surface area contributed by atoms with E-state index in [1.54, 1.807) is 12.3 Å². The molecule has 16 heavy (non-hydrogen) atoms. The molecule has 0 bridgehead atoms. The molecule has 0 aromatic carbocycles. The first kappa shape index (κ1) is 16.8. The fourth-order valence-corrected chi connectivity index (χ4v) is 0.971. The van der Waals surface area contributed by atoms with Gasteiger partial charge in [-0.3, -0.25) is 4.99 Å². The molecule has 1 nitrogen and oxygen atoms in total. The van der Waals surface area contributed by atoms with Crippen molar-refractivity contribution in [2.24, 2.45) is 4.99 Å². The number of nitrogens with zero attached hydrogens (tertiary/aromatic N) is 1. The number of hydrogen-bond acceptors (Lipinski definition) is 1. The highest BCUT2D eigenvalue weighted by Crippen LogP contribution is 2.03. The van der Waals surface area contributed by atoms with Gasteiger partial charge in [0.1, 0.15) is 0 Å². The fourth-order valence-electron chi connectivity index (χ4n) is 0.971. The van der Waals surface area contributed by atoms with Crippen LogP contribution in [0, 0.1) is 0 Å². The number of rotatable bonds is 5. The third kappa shape index (κ3) is 7.74. The number of aliphatic imine (C=N–C) groups is 1. The van der Waals surface area contributed by atoms with Gasteiger partial charge in [0.25, 0.3) is 0 Å². The molecule has 0 aromatic heterocycles. The molecule has 0 radical (unpaired) electrons. The summed E-state index contributed by atoms with van der Waals surface area (Å²) in [5.41, 5.74) is 1.96. The summed E-state index contributed by atoms with van der Waals surface area (Å²) >= 11 is 0. The second-order valence-electron chi connectivity index (χ2n) is 2.54. The van der Waals surface area contributed by atoms with Crippen LogP contribution in [0.3, 0.4) is 0 Å². The molecule has 0 aliphatic carbocycles. The van der Waals surface area contributed by atoms with Crippen molar-refractivity contribution in [3.63, 3.8) is 0 Å². The predicted octanol–water partition coefficient (Wildman–Crippen LogP) is 4.86. The van der Waals surface area contributed by atoms with E-state index in [-0.39, 0.29) is 0 Å². The van der Waals surface area contributed by atoms with E-state index in [0.29, 0.717) is 0 Å². The Bertz CT molecular complexity index is 301. The van der Waals surface area contributed by atoms with Gasteiger partial charge >= 0.3 is 0 Å². The lowest BCUT2D eigenvalue weighted by atomic mass is 10.1. The summed E-state index contributed by atoms with van der Waals surface area (Å²) in [7, 11) is 0.